The van der Waals surface area contributed by atoms with Crippen molar-refractivity contribution >= 4 is 66.4 Å². The van der Waals surface area contributed by atoms with Crippen LogP contribution in [0, 0.1) is 52.8 Å². The summed E-state index contributed by atoms with van der Waals surface area (Å²) in [5, 5.41) is 7.82. The zero-order chi connectivity index (χ0) is 52.8. The smallest absolute Gasteiger partial charge is 0.0543 e. The standard InChI is InChI=1S/C78H72N2/c1-76(2,3)34-33-47-21-29-67-64(45-47)65-46-60(26-30-68(65)77(67)54-37-48-35-49(39-54)40-55(77)38-48)79(58-13-6-4-7-14-58)70-31-24-52-23-28-63-71(32-25-53-22-27-62(70)73(52)74(53)63)80(59-15-8-5-9-16-59)72-20-12-19-69-75(72)61-17-10-11-18-66(61)78(69)56-41-50-36-51(43-56)44-57(78)42-50/h4-32,45-46,48-51,54-57H,33-44H2,1-3H3. The second kappa shape index (κ2) is 16.7. The molecule has 0 saturated heterocycles. The normalized spacial score (nSPS) is 27.9. The Labute approximate surface area is 473 Å². The van der Waals surface area contributed by atoms with Gasteiger partial charge in [-0.1, -0.05) is 154 Å². The molecule has 0 N–H and O–H groups in total. The fraction of sp³-hybridized carbons (Fsp3) is 0.333. The molecule has 0 aliphatic heterocycles. The third kappa shape index (κ3) is 6.32. The number of nitrogens with zero attached hydrogens (tertiary/aromatic N) is 2. The van der Waals surface area contributed by atoms with Crippen molar-refractivity contribution in [3.63, 3.8) is 0 Å². The lowest BCUT2D eigenvalue weighted by molar-refractivity contribution is -0.0399. The largest absolute Gasteiger partial charge is 0.310 e. The fourth-order valence-electron chi connectivity index (χ4n) is 20.6. The van der Waals surface area contributed by atoms with Gasteiger partial charge < -0.3 is 9.80 Å². The molecule has 2 spiro atoms. The first kappa shape index (κ1) is 46.6. The van der Waals surface area contributed by atoms with E-state index in [9.17, 15) is 0 Å². The van der Waals surface area contributed by atoms with Crippen molar-refractivity contribution in [1.29, 1.82) is 0 Å². The van der Waals surface area contributed by atoms with Crippen molar-refractivity contribution in [3.05, 3.63) is 216 Å². The van der Waals surface area contributed by atoms with Crippen LogP contribution in [0.3, 0.4) is 0 Å². The molecule has 0 heterocycles. The molecule has 20 rings (SSSR count). The quantitative estimate of drug-likeness (QED) is 0.140. The highest BCUT2D eigenvalue weighted by atomic mass is 15.2. The fourth-order valence-corrected chi connectivity index (χ4v) is 20.6. The van der Waals surface area contributed by atoms with Crippen molar-refractivity contribution < 1.29 is 0 Å². The maximum absolute atomic E-state index is 2.65. The highest BCUT2D eigenvalue weighted by Crippen LogP contribution is 2.72. The van der Waals surface area contributed by atoms with E-state index in [-0.39, 0.29) is 10.8 Å². The van der Waals surface area contributed by atoms with Gasteiger partial charge in [-0.3, -0.25) is 0 Å². The summed E-state index contributed by atoms with van der Waals surface area (Å²) in [7, 11) is 0. The molecule has 8 fully saturated rings. The summed E-state index contributed by atoms with van der Waals surface area (Å²) in [6.45, 7) is 7.18. The molecule has 2 nitrogen and oxygen atoms in total. The lowest BCUT2D eigenvalue weighted by atomic mass is 9.43. The maximum atomic E-state index is 2.65. The van der Waals surface area contributed by atoms with Gasteiger partial charge in [0.15, 0.2) is 0 Å². The summed E-state index contributed by atoms with van der Waals surface area (Å²) in [5.41, 5.74) is 21.8. The summed E-state index contributed by atoms with van der Waals surface area (Å²) in [6.07, 6.45) is 16.3. The molecule has 10 aromatic rings. The van der Waals surface area contributed by atoms with Gasteiger partial charge >= 0.3 is 0 Å². The first-order valence-electron chi connectivity index (χ1n) is 31.1. The summed E-state index contributed by atoms with van der Waals surface area (Å²) < 4.78 is 0. The second-order valence-electron chi connectivity index (χ2n) is 28.2. The number of aryl methyl sites for hydroxylation is 1. The maximum Gasteiger partial charge on any atom is 0.0543 e. The minimum atomic E-state index is 0.0925. The van der Waals surface area contributed by atoms with Crippen molar-refractivity contribution in [3.8, 4) is 22.3 Å². The van der Waals surface area contributed by atoms with Crippen LogP contribution in [-0.4, -0.2) is 0 Å². The van der Waals surface area contributed by atoms with Crippen LogP contribution in [0.5, 0.6) is 0 Å². The number of benzene rings is 10. The number of hydrogen-bond acceptors (Lipinski definition) is 2. The molecule has 0 unspecified atom stereocenters. The molecule has 80 heavy (non-hydrogen) atoms. The zero-order valence-corrected chi connectivity index (χ0v) is 46.9. The molecule has 10 aromatic carbocycles. The average molecular weight is 1040 g/mol. The lowest BCUT2D eigenvalue weighted by Crippen LogP contribution is -2.55. The van der Waals surface area contributed by atoms with Gasteiger partial charge in [0.1, 0.15) is 0 Å². The highest BCUT2D eigenvalue weighted by molar-refractivity contribution is 6.28. The molecular weight excluding hydrogens is 965 g/mol. The number of fused-ring (bicyclic) bond motifs is 6. The lowest BCUT2D eigenvalue weighted by Gasteiger charge is -2.61. The van der Waals surface area contributed by atoms with Crippen LogP contribution in [0.4, 0.5) is 34.1 Å². The minimum absolute atomic E-state index is 0.0925. The Hall–Kier alpha value is -7.16. The van der Waals surface area contributed by atoms with E-state index in [1.807, 2.05) is 0 Å². The van der Waals surface area contributed by atoms with E-state index < -0.39 is 0 Å². The van der Waals surface area contributed by atoms with Crippen LogP contribution in [0.25, 0.3) is 54.6 Å². The number of para-hydroxylation sites is 2. The average Bonchev–Trinajstić information content (AvgIpc) is 2.67. The molecule has 394 valence electrons. The van der Waals surface area contributed by atoms with Crippen LogP contribution in [0.15, 0.2) is 188 Å². The number of hydrogen-bond donors (Lipinski definition) is 0. The molecule has 0 atom stereocenters. The van der Waals surface area contributed by atoms with Gasteiger partial charge in [0, 0.05) is 44.2 Å². The molecule has 0 radical (unpaired) electrons. The van der Waals surface area contributed by atoms with E-state index in [1.54, 1.807) is 22.3 Å². The SMILES string of the molecule is CC(C)(C)CCc1ccc2c(c1)-c1cc(N(c3ccccc3)c3ccc4ccc5c(N(c6ccccc6)c6cccc7c6-c6ccccc6C76C7CC8CC(C7)CC6C8)ccc6ccc3c4c65)ccc1C21C2CC3CC(C2)CC1C3. The van der Waals surface area contributed by atoms with E-state index in [0.29, 0.717) is 17.3 Å². The van der Waals surface area contributed by atoms with E-state index >= 15 is 0 Å². The highest BCUT2D eigenvalue weighted by Gasteiger charge is 2.63. The van der Waals surface area contributed by atoms with Crippen molar-refractivity contribution in [2.45, 2.75) is 109 Å². The van der Waals surface area contributed by atoms with E-state index in [0.717, 1.165) is 41.9 Å². The van der Waals surface area contributed by atoms with Crippen molar-refractivity contribution in [2.75, 3.05) is 9.80 Å². The third-order valence-electron chi connectivity index (χ3n) is 23.0. The van der Waals surface area contributed by atoms with Crippen LogP contribution < -0.4 is 9.80 Å². The van der Waals surface area contributed by atoms with E-state index in [1.165, 1.54) is 165 Å². The molecule has 8 saturated carbocycles. The summed E-state index contributed by atoms with van der Waals surface area (Å²) in [4.78, 5) is 5.24. The Morgan fingerprint density at radius 1 is 0.375 bits per heavy atom. The summed E-state index contributed by atoms with van der Waals surface area (Å²) >= 11 is 0. The van der Waals surface area contributed by atoms with Gasteiger partial charge in [-0.15, -0.1) is 0 Å². The number of rotatable bonds is 8. The van der Waals surface area contributed by atoms with E-state index in [4.69, 9.17) is 0 Å². The molecule has 8 bridgehead atoms. The summed E-state index contributed by atoms with van der Waals surface area (Å²) in [5.74, 6) is 6.52. The minimum Gasteiger partial charge on any atom is -0.310 e. The van der Waals surface area contributed by atoms with Crippen LogP contribution >= 0.6 is 0 Å². The van der Waals surface area contributed by atoms with Crippen molar-refractivity contribution in [1.82, 2.24) is 0 Å². The Morgan fingerprint density at radius 3 is 1.44 bits per heavy atom. The van der Waals surface area contributed by atoms with Crippen LogP contribution in [0.1, 0.15) is 119 Å². The Kier molecular flexibility index (Phi) is 9.73. The molecule has 10 aliphatic carbocycles. The zero-order valence-electron chi connectivity index (χ0n) is 46.9. The monoisotopic (exact) mass is 1040 g/mol. The molecular formula is C78H72N2. The van der Waals surface area contributed by atoms with Gasteiger partial charge in [0.25, 0.3) is 0 Å². The second-order valence-corrected chi connectivity index (χ2v) is 28.2. The topological polar surface area (TPSA) is 6.48 Å². The molecule has 10 aliphatic rings. The van der Waals surface area contributed by atoms with Gasteiger partial charge in [0.2, 0.25) is 0 Å². The van der Waals surface area contributed by atoms with Gasteiger partial charge in [-0.25, -0.2) is 0 Å². The Morgan fingerprint density at radius 2 is 0.850 bits per heavy atom. The van der Waals surface area contributed by atoms with Crippen molar-refractivity contribution in [2.24, 2.45) is 52.8 Å². The molecule has 0 amide bonds. The molecule has 0 aromatic heterocycles. The van der Waals surface area contributed by atoms with E-state index in [2.05, 4.69) is 219 Å². The third-order valence-corrected chi connectivity index (χ3v) is 23.0. The molecule has 2 heteroatoms. The van der Waals surface area contributed by atoms with Crippen LogP contribution in [-0.2, 0) is 17.3 Å². The van der Waals surface area contributed by atoms with Gasteiger partial charge in [-0.05, 0) is 250 Å². The Bertz CT molecular complexity index is 4100. The Balaban J connectivity index is 0.822. The number of anilines is 6. The predicted octanol–water partition coefficient (Wildman–Crippen LogP) is 20.9. The predicted molar refractivity (Wildman–Crippen MR) is 334 cm³/mol. The van der Waals surface area contributed by atoms with Crippen LogP contribution in [0.2, 0.25) is 0 Å². The first-order valence-corrected chi connectivity index (χ1v) is 31.1. The van der Waals surface area contributed by atoms with Gasteiger partial charge in [-0.2, -0.15) is 0 Å². The van der Waals surface area contributed by atoms with Gasteiger partial charge in [0.05, 0.1) is 17.1 Å². The first-order chi connectivity index (χ1) is 39.2. The summed E-state index contributed by atoms with van der Waals surface area (Å²) in [6, 6.07) is 74.6.